The molecule has 9 heteroatoms. The summed E-state index contributed by atoms with van der Waals surface area (Å²) in [6, 6.07) is 21.4. The zero-order chi connectivity index (χ0) is 25.5. The lowest BCUT2D eigenvalue weighted by Crippen LogP contribution is -2.47. The fourth-order valence-electron chi connectivity index (χ4n) is 3.70. The van der Waals surface area contributed by atoms with Gasteiger partial charge in [-0.15, -0.1) is 10.2 Å². The molecule has 3 amide bonds. The lowest BCUT2D eigenvalue weighted by atomic mass is 10.1. The highest BCUT2D eigenvalue weighted by Crippen LogP contribution is 2.28. The molecule has 184 valence electrons. The summed E-state index contributed by atoms with van der Waals surface area (Å²) in [5.41, 5.74) is 4.38. The standard InChI is InChI=1S/C27H27N5O3S/c1-17-8-7-9-18(2)23(17)29-26(34)28-22(16-19-10-5-4-6-11-19)24(33)30-27-32-31-25(36-27)20-12-14-21(35-3)15-13-20/h4-15,22H,16H2,1-3H3,(H2,28,29,34)(H,30,32,33). The van der Waals surface area contributed by atoms with E-state index in [-0.39, 0.29) is 5.91 Å². The third kappa shape index (κ3) is 6.25. The monoisotopic (exact) mass is 501 g/mol. The molecule has 1 heterocycles. The van der Waals surface area contributed by atoms with E-state index in [9.17, 15) is 9.59 Å². The van der Waals surface area contributed by atoms with Gasteiger partial charge in [0, 0.05) is 17.7 Å². The second kappa shape index (κ2) is 11.5. The van der Waals surface area contributed by atoms with E-state index < -0.39 is 12.1 Å². The fourth-order valence-corrected chi connectivity index (χ4v) is 4.45. The molecular formula is C27H27N5O3S. The molecule has 0 aliphatic heterocycles. The Morgan fingerprint density at radius 1 is 0.889 bits per heavy atom. The molecule has 4 aromatic rings. The van der Waals surface area contributed by atoms with Gasteiger partial charge in [0.1, 0.15) is 16.8 Å². The summed E-state index contributed by atoms with van der Waals surface area (Å²) in [5, 5.41) is 17.8. The maximum Gasteiger partial charge on any atom is 0.319 e. The van der Waals surface area contributed by atoms with Gasteiger partial charge in [-0.2, -0.15) is 0 Å². The Labute approximate surface area is 213 Å². The number of carbonyl (C=O) groups is 2. The van der Waals surface area contributed by atoms with Crippen molar-refractivity contribution in [3.63, 3.8) is 0 Å². The first kappa shape index (κ1) is 24.9. The van der Waals surface area contributed by atoms with Gasteiger partial charge in [-0.1, -0.05) is 59.9 Å². The summed E-state index contributed by atoms with van der Waals surface area (Å²) in [5.74, 6) is 0.360. The second-order valence-corrected chi connectivity index (χ2v) is 9.22. The van der Waals surface area contributed by atoms with E-state index in [1.807, 2.05) is 86.6 Å². The summed E-state index contributed by atoms with van der Waals surface area (Å²) in [4.78, 5) is 26.1. The Morgan fingerprint density at radius 3 is 2.25 bits per heavy atom. The average molecular weight is 502 g/mol. The first-order valence-electron chi connectivity index (χ1n) is 11.4. The van der Waals surface area contributed by atoms with Gasteiger partial charge in [-0.25, -0.2) is 4.79 Å². The predicted molar refractivity (Wildman–Crippen MR) is 143 cm³/mol. The van der Waals surface area contributed by atoms with Crippen LogP contribution in [0.3, 0.4) is 0 Å². The van der Waals surface area contributed by atoms with Crippen LogP contribution in [0.2, 0.25) is 0 Å². The van der Waals surface area contributed by atoms with Gasteiger partial charge in [0.05, 0.1) is 7.11 Å². The molecule has 0 saturated heterocycles. The number of nitrogens with zero attached hydrogens (tertiary/aromatic N) is 2. The smallest absolute Gasteiger partial charge is 0.319 e. The number of amides is 3. The van der Waals surface area contributed by atoms with Crippen molar-refractivity contribution in [2.45, 2.75) is 26.3 Å². The van der Waals surface area contributed by atoms with Crippen molar-refractivity contribution in [1.82, 2.24) is 15.5 Å². The number of aromatic nitrogens is 2. The van der Waals surface area contributed by atoms with Crippen LogP contribution in [-0.2, 0) is 11.2 Å². The van der Waals surface area contributed by atoms with Crippen molar-refractivity contribution < 1.29 is 14.3 Å². The number of methoxy groups -OCH3 is 1. The minimum Gasteiger partial charge on any atom is -0.497 e. The van der Waals surface area contributed by atoms with Crippen LogP contribution in [0.4, 0.5) is 15.6 Å². The van der Waals surface area contributed by atoms with Gasteiger partial charge in [0.15, 0.2) is 0 Å². The molecule has 1 atom stereocenters. The molecular weight excluding hydrogens is 474 g/mol. The molecule has 0 spiro atoms. The zero-order valence-corrected chi connectivity index (χ0v) is 21.1. The number of aryl methyl sites for hydroxylation is 2. The number of nitrogens with one attached hydrogen (secondary N) is 3. The van der Waals surface area contributed by atoms with Gasteiger partial charge >= 0.3 is 6.03 Å². The number of rotatable bonds is 8. The SMILES string of the molecule is COc1ccc(-c2nnc(NC(=O)C(Cc3ccccc3)NC(=O)Nc3c(C)cccc3C)s2)cc1. The molecule has 1 aromatic heterocycles. The summed E-state index contributed by atoms with van der Waals surface area (Å²) in [7, 11) is 1.61. The number of hydrogen-bond donors (Lipinski definition) is 3. The summed E-state index contributed by atoms with van der Waals surface area (Å²) >= 11 is 1.25. The summed E-state index contributed by atoms with van der Waals surface area (Å²) in [6.07, 6.45) is 0.316. The lowest BCUT2D eigenvalue weighted by molar-refractivity contribution is -0.117. The normalized spacial score (nSPS) is 11.4. The van der Waals surface area contributed by atoms with Crippen LogP contribution in [0.15, 0.2) is 72.8 Å². The minimum atomic E-state index is -0.829. The van der Waals surface area contributed by atoms with E-state index in [1.54, 1.807) is 7.11 Å². The van der Waals surface area contributed by atoms with E-state index in [4.69, 9.17) is 4.74 Å². The molecule has 0 bridgehead atoms. The Kier molecular flexibility index (Phi) is 7.92. The molecule has 0 radical (unpaired) electrons. The molecule has 4 rings (SSSR count). The topological polar surface area (TPSA) is 105 Å². The van der Waals surface area contributed by atoms with Crippen molar-refractivity contribution in [1.29, 1.82) is 0 Å². The van der Waals surface area contributed by atoms with Crippen LogP contribution >= 0.6 is 11.3 Å². The minimum absolute atomic E-state index is 0.316. The Balaban J connectivity index is 1.48. The van der Waals surface area contributed by atoms with Gasteiger partial charge in [-0.3, -0.25) is 10.1 Å². The van der Waals surface area contributed by atoms with E-state index in [1.165, 1.54) is 11.3 Å². The van der Waals surface area contributed by atoms with Crippen LogP contribution in [0, 0.1) is 13.8 Å². The van der Waals surface area contributed by atoms with Crippen molar-refractivity contribution in [3.8, 4) is 16.3 Å². The van der Waals surface area contributed by atoms with Gasteiger partial charge in [-0.05, 0) is 54.8 Å². The van der Waals surface area contributed by atoms with E-state index in [0.717, 1.165) is 33.7 Å². The van der Waals surface area contributed by atoms with Gasteiger partial charge in [0.25, 0.3) is 0 Å². The third-order valence-electron chi connectivity index (χ3n) is 5.62. The molecule has 0 aliphatic carbocycles. The number of urea groups is 1. The van der Waals surface area contributed by atoms with Crippen LogP contribution in [0.25, 0.3) is 10.6 Å². The van der Waals surface area contributed by atoms with Gasteiger partial charge in [0.2, 0.25) is 11.0 Å². The van der Waals surface area contributed by atoms with E-state index in [0.29, 0.717) is 16.6 Å². The molecule has 8 nitrogen and oxygen atoms in total. The number of carbonyl (C=O) groups excluding carboxylic acids is 2. The first-order chi connectivity index (χ1) is 17.4. The number of hydrogen-bond acceptors (Lipinski definition) is 6. The van der Waals surface area contributed by atoms with Crippen LogP contribution in [-0.4, -0.2) is 35.3 Å². The van der Waals surface area contributed by atoms with E-state index in [2.05, 4.69) is 26.1 Å². The highest BCUT2D eigenvalue weighted by Gasteiger charge is 2.23. The number of para-hydroxylation sites is 1. The lowest BCUT2D eigenvalue weighted by Gasteiger charge is -2.19. The maximum atomic E-state index is 13.2. The predicted octanol–water partition coefficient (Wildman–Crippen LogP) is 5.20. The van der Waals surface area contributed by atoms with Crippen molar-refractivity contribution in [3.05, 3.63) is 89.5 Å². The highest BCUT2D eigenvalue weighted by atomic mass is 32.1. The molecule has 3 N–H and O–H groups in total. The summed E-state index contributed by atoms with van der Waals surface area (Å²) < 4.78 is 5.19. The largest absolute Gasteiger partial charge is 0.497 e. The van der Waals surface area contributed by atoms with Crippen LogP contribution in [0.1, 0.15) is 16.7 Å². The van der Waals surface area contributed by atoms with Crippen molar-refractivity contribution in [2.24, 2.45) is 0 Å². The van der Waals surface area contributed by atoms with Crippen LogP contribution < -0.4 is 20.7 Å². The fraction of sp³-hybridized carbons (Fsp3) is 0.185. The highest BCUT2D eigenvalue weighted by molar-refractivity contribution is 7.18. The van der Waals surface area contributed by atoms with Crippen molar-refractivity contribution >= 4 is 34.1 Å². The number of anilines is 2. The molecule has 3 aromatic carbocycles. The average Bonchev–Trinajstić information content (AvgIpc) is 3.35. The second-order valence-electron chi connectivity index (χ2n) is 8.24. The van der Waals surface area contributed by atoms with Crippen LogP contribution in [0.5, 0.6) is 5.75 Å². The van der Waals surface area contributed by atoms with E-state index >= 15 is 0 Å². The molecule has 36 heavy (non-hydrogen) atoms. The zero-order valence-electron chi connectivity index (χ0n) is 20.2. The molecule has 0 saturated carbocycles. The number of ether oxygens (including phenoxy) is 1. The molecule has 1 unspecified atom stereocenters. The maximum absolute atomic E-state index is 13.2. The quantitative estimate of drug-likeness (QED) is 0.308. The van der Waals surface area contributed by atoms with Gasteiger partial charge < -0.3 is 15.4 Å². The number of benzene rings is 3. The Bertz CT molecular complexity index is 1320. The molecule has 0 aliphatic rings. The Hall–Kier alpha value is -4.24. The Morgan fingerprint density at radius 2 is 1.58 bits per heavy atom. The third-order valence-corrected chi connectivity index (χ3v) is 6.50. The summed E-state index contributed by atoms with van der Waals surface area (Å²) in [6.45, 7) is 3.85. The molecule has 0 fully saturated rings. The first-order valence-corrected chi connectivity index (χ1v) is 12.2. The van der Waals surface area contributed by atoms with Crippen molar-refractivity contribution in [2.75, 3.05) is 17.7 Å².